The standard InChI is InChI=1S/C24H29N7O2S/c32-22-21(34-24(33)30-22)12-18-5-9-27-23(29-18)31-10-6-16(7-11-31)13-25-15-19-4-3-17(14-28-19)20-2-1-8-26-20/h3-5,9,12,14,16,20,25-26H,1-2,6-8,10-11,13,15H2,(H,30,32,33)/b21-12-. The summed E-state index contributed by atoms with van der Waals surface area (Å²) < 4.78 is 0. The van der Waals surface area contributed by atoms with Crippen LogP contribution in [0.4, 0.5) is 10.7 Å². The number of amides is 2. The number of nitrogens with one attached hydrogen (secondary N) is 3. The van der Waals surface area contributed by atoms with Gasteiger partial charge in [-0.15, -0.1) is 0 Å². The highest BCUT2D eigenvalue weighted by Gasteiger charge is 2.26. The Hall–Kier alpha value is -2.82. The molecule has 1 unspecified atom stereocenters. The van der Waals surface area contributed by atoms with Crippen molar-refractivity contribution in [3.05, 3.63) is 52.4 Å². The first kappa shape index (κ1) is 22.9. The van der Waals surface area contributed by atoms with Gasteiger partial charge in [0.1, 0.15) is 0 Å². The van der Waals surface area contributed by atoms with Crippen molar-refractivity contribution in [2.75, 3.05) is 31.1 Å². The van der Waals surface area contributed by atoms with Gasteiger partial charge in [0.05, 0.1) is 16.3 Å². The molecule has 0 saturated carbocycles. The van der Waals surface area contributed by atoms with E-state index >= 15 is 0 Å². The number of piperidine rings is 1. The highest BCUT2D eigenvalue weighted by atomic mass is 32.2. The van der Waals surface area contributed by atoms with E-state index in [2.05, 4.69) is 47.9 Å². The van der Waals surface area contributed by atoms with Crippen LogP contribution in [0.15, 0.2) is 35.5 Å². The highest BCUT2D eigenvalue weighted by Crippen LogP contribution is 2.26. The minimum atomic E-state index is -0.375. The first-order chi connectivity index (χ1) is 16.6. The summed E-state index contributed by atoms with van der Waals surface area (Å²) in [5, 5.41) is 8.99. The number of thioether (sulfide) groups is 1. The van der Waals surface area contributed by atoms with E-state index < -0.39 is 0 Å². The Balaban J connectivity index is 1.08. The second kappa shape index (κ2) is 10.6. The maximum atomic E-state index is 11.8. The minimum absolute atomic E-state index is 0.351. The van der Waals surface area contributed by atoms with Crippen LogP contribution in [-0.4, -0.2) is 52.3 Å². The first-order valence-electron chi connectivity index (χ1n) is 11.9. The zero-order valence-corrected chi connectivity index (χ0v) is 19.8. The maximum absolute atomic E-state index is 11.8. The normalized spacial score (nSPS) is 22.5. The lowest BCUT2D eigenvalue weighted by atomic mass is 9.97. The van der Waals surface area contributed by atoms with Crippen molar-refractivity contribution in [3.63, 3.8) is 0 Å². The van der Waals surface area contributed by atoms with Gasteiger partial charge in [-0.05, 0) is 80.2 Å². The number of carbonyl (C=O) groups is 2. The number of hydrogen-bond donors (Lipinski definition) is 3. The van der Waals surface area contributed by atoms with Crippen molar-refractivity contribution in [2.24, 2.45) is 5.92 Å². The van der Waals surface area contributed by atoms with Crippen LogP contribution < -0.4 is 20.9 Å². The van der Waals surface area contributed by atoms with Gasteiger partial charge in [0, 0.05) is 38.1 Å². The lowest BCUT2D eigenvalue weighted by Gasteiger charge is -2.32. The Morgan fingerprint density at radius 2 is 2.03 bits per heavy atom. The zero-order valence-electron chi connectivity index (χ0n) is 19.0. The third kappa shape index (κ3) is 5.63. The number of rotatable bonds is 7. The Morgan fingerprint density at radius 1 is 1.15 bits per heavy atom. The van der Waals surface area contributed by atoms with E-state index in [1.807, 2.05) is 6.20 Å². The molecular formula is C24H29N7O2S. The average molecular weight is 480 g/mol. The van der Waals surface area contributed by atoms with Gasteiger partial charge in [-0.25, -0.2) is 9.97 Å². The quantitative estimate of drug-likeness (QED) is 0.516. The van der Waals surface area contributed by atoms with Crippen LogP contribution >= 0.6 is 11.8 Å². The maximum Gasteiger partial charge on any atom is 0.290 e. The largest absolute Gasteiger partial charge is 0.341 e. The Bertz CT molecular complexity index is 1060. The number of pyridine rings is 1. The summed E-state index contributed by atoms with van der Waals surface area (Å²) in [6, 6.07) is 6.54. The SMILES string of the molecule is O=C1NC(=O)/C(=C/c2ccnc(N3CCC(CNCc4ccc(C5CCCN5)cn4)CC3)n2)S1. The molecule has 34 heavy (non-hydrogen) atoms. The van der Waals surface area contributed by atoms with Crippen molar-refractivity contribution in [1.82, 2.24) is 30.9 Å². The van der Waals surface area contributed by atoms with Gasteiger partial charge in [-0.3, -0.25) is 19.9 Å². The molecule has 2 aromatic heterocycles. The fourth-order valence-electron chi connectivity index (χ4n) is 4.61. The molecule has 0 aromatic carbocycles. The molecule has 0 aliphatic carbocycles. The number of hydrogen-bond acceptors (Lipinski definition) is 9. The van der Waals surface area contributed by atoms with Crippen LogP contribution in [0.5, 0.6) is 0 Å². The fraction of sp³-hybridized carbons (Fsp3) is 0.458. The molecule has 10 heteroatoms. The van der Waals surface area contributed by atoms with Gasteiger partial charge in [0.2, 0.25) is 5.95 Å². The van der Waals surface area contributed by atoms with E-state index in [4.69, 9.17) is 0 Å². The summed E-state index contributed by atoms with van der Waals surface area (Å²) in [5.41, 5.74) is 2.99. The number of carbonyl (C=O) groups excluding carboxylic acids is 2. The fourth-order valence-corrected chi connectivity index (χ4v) is 5.27. The van der Waals surface area contributed by atoms with Crippen LogP contribution in [0.3, 0.4) is 0 Å². The van der Waals surface area contributed by atoms with E-state index in [-0.39, 0.29) is 11.1 Å². The van der Waals surface area contributed by atoms with Crippen LogP contribution in [0, 0.1) is 5.92 Å². The Morgan fingerprint density at radius 3 is 2.74 bits per heavy atom. The van der Waals surface area contributed by atoms with E-state index in [0.29, 0.717) is 28.5 Å². The lowest BCUT2D eigenvalue weighted by Crippen LogP contribution is -2.38. The van der Waals surface area contributed by atoms with Gasteiger partial charge < -0.3 is 15.5 Å². The van der Waals surface area contributed by atoms with Gasteiger partial charge >= 0.3 is 0 Å². The molecule has 3 aliphatic heterocycles. The molecule has 0 radical (unpaired) electrons. The van der Waals surface area contributed by atoms with Crippen LogP contribution in [0.25, 0.3) is 6.08 Å². The van der Waals surface area contributed by atoms with E-state index in [0.717, 1.165) is 63.0 Å². The summed E-state index contributed by atoms with van der Waals surface area (Å²) >= 11 is 0.896. The molecule has 178 valence electrons. The zero-order chi connectivity index (χ0) is 23.3. The summed E-state index contributed by atoms with van der Waals surface area (Å²) in [6.07, 6.45) is 9.91. The van der Waals surface area contributed by atoms with Crippen molar-refractivity contribution in [2.45, 2.75) is 38.3 Å². The molecule has 5 rings (SSSR count). The molecule has 3 N–H and O–H groups in total. The summed E-state index contributed by atoms with van der Waals surface area (Å²) in [5.74, 6) is 0.894. The van der Waals surface area contributed by atoms with E-state index in [1.165, 1.54) is 18.4 Å². The molecule has 3 aliphatic rings. The predicted octanol–water partition coefficient (Wildman–Crippen LogP) is 2.63. The summed E-state index contributed by atoms with van der Waals surface area (Å²) in [6.45, 7) is 4.63. The first-order valence-corrected chi connectivity index (χ1v) is 12.7. The monoisotopic (exact) mass is 479 g/mol. The van der Waals surface area contributed by atoms with Crippen molar-refractivity contribution < 1.29 is 9.59 Å². The van der Waals surface area contributed by atoms with E-state index in [9.17, 15) is 9.59 Å². The molecule has 2 amide bonds. The Labute approximate surface area is 203 Å². The van der Waals surface area contributed by atoms with Crippen molar-refractivity contribution in [3.8, 4) is 0 Å². The molecule has 3 saturated heterocycles. The summed E-state index contributed by atoms with van der Waals surface area (Å²) in [7, 11) is 0. The number of nitrogens with zero attached hydrogens (tertiary/aromatic N) is 4. The van der Waals surface area contributed by atoms with Gasteiger partial charge in [-0.2, -0.15) is 0 Å². The third-order valence-electron chi connectivity index (χ3n) is 6.53. The molecule has 0 spiro atoms. The van der Waals surface area contributed by atoms with Gasteiger partial charge in [-0.1, -0.05) is 6.07 Å². The molecule has 0 bridgehead atoms. The lowest BCUT2D eigenvalue weighted by molar-refractivity contribution is -0.115. The highest BCUT2D eigenvalue weighted by molar-refractivity contribution is 8.18. The predicted molar refractivity (Wildman–Crippen MR) is 132 cm³/mol. The average Bonchev–Trinajstić information content (AvgIpc) is 3.50. The molecule has 5 heterocycles. The molecule has 3 fully saturated rings. The molecular weight excluding hydrogens is 450 g/mol. The van der Waals surface area contributed by atoms with Crippen LogP contribution in [0.1, 0.15) is 48.7 Å². The molecule has 1 atom stereocenters. The summed E-state index contributed by atoms with van der Waals surface area (Å²) in [4.78, 5) is 39.3. The third-order valence-corrected chi connectivity index (χ3v) is 7.34. The van der Waals surface area contributed by atoms with Crippen LogP contribution in [0.2, 0.25) is 0 Å². The van der Waals surface area contributed by atoms with Crippen molar-refractivity contribution in [1.29, 1.82) is 0 Å². The second-order valence-electron chi connectivity index (χ2n) is 8.93. The number of aromatic nitrogens is 3. The van der Waals surface area contributed by atoms with Crippen LogP contribution in [-0.2, 0) is 11.3 Å². The van der Waals surface area contributed by atoms with Gasteiger partial charge in [0.15, 0.2) is 0 Å². The smallest absolute Gasteiger partial charge is 0.290 e. The second-order valence-corrected chi connectivity index (χ2v) is 9.94. The Kier molecular flexibility index (Phi) is 7.17. The van der Waals surface area contributed by atoms with Gasteiger partial charge in [0.25, 0.3) is 11.1 Å². The minimum Gasteiger partial charge on any atom is -0.341 e. The molecule has 2 aromatic rings. The topological polar surface area (TPSA) is 112 Å². The number of imide groups is 1. The van der Waals surface area contributed by atoms with Crippen molar-refractivity contribution >= 4 is 34.9 Å². The molecule has 9 nitrogen and oxygen atoms in total. The number of anilines is 1. The van der Waals surface area contributed by atoms with E-state index in [1.54, 1.807) is 18.3 Å².